The average Bonchev–Trinajstić information content (AvgIpc) is 3.04. The van der Waals surface area contributed by atoms with Crippen LogP contribution in [0.3, 0.4) is 0 Å². The monoisotopic (exact) mass is 433 g/mol. The van der Waals surface area contributed by atoms with E-state index in [0.29, 0.717) is 28.8 Å². The Labute approximate surface area is 179 Å². The molecule has 2 heterocycles. The van der Waals surface area contributed by atoms with Crippen molar-refractivity contribution in [3.63, 3.8) is 0 Å². The highest BCUT2D eigenvalue weighted by Crippen LogP contribution is 2.32. The molecular formula is C21H21Cl2N3O3. The first-order valence-electron chi connectivity index (χ1n) is 9.43. The molecule has 0 bridgehead atoms. The van der Waals surface area contributed by atoms with Crippen molar-refractivity contribution in [3.05, 3.63) is 52.5 Å². The molecule has 8 heteroatoms. The van der Waals surface area contributed by atoms with Gasteiger partial charge in [-0.05, 0) is 30.3 Å². The fourth-order valence-corrected chi connectivity index (χ4v) is 4.19. The van der Waals surface area contributed by atoms with Gasteiger partial charge in [-0.15, -0.1) is 0 Å². The van der Waals surface area contributed by atoms with Crippen molar-refractivity contribution >= 4 is 46.4 Å². The van der Waals surface area contributed by atoms with Crippen LogP contribution in [0.15, 0.2) is 42.5 Å². The van der Waals surface area contributed by atoms with Gasteiger partial charge in [0.2, 0.25) is 5.91 Å². The number of rotatable bonds is 4. The van der Waals surface area contributed by atoms with Gasteiger partial charge in [-0.2, -0.15) is 0 Å². The van der Waals surface area contributed by atoms with Crippen LogP contribution in [0.5, 0.6) is 5.75 Å². The van der Waals surface area contributed by atoms with Crippen LogP contribution in [0.1, 0.15) is 6.42 Å². The zero-order valence-corrected chi connectivity index (χ0v) is 17.5. The number of anilines is 2. The first kappa shape index (κ1) is 20.0. The number of nitrogens with zero attached hydrogens (tertiary/aromatic N) is 3. The summed E-state index contributed by atoms with van der Waals surface area (Å²) in [5.41, 5.74) is 1.56. The molecule has 0 unspecified atom stereocenters. The number of carbonyl (C=O) groups is 2. The second-order valence-electron chi connectivity index (χ2n) is 7.11. The minimum Gasteiger partial charge on any atom is -0.497 e. The second kappa shape index (κ2) is 8.22. The van der Waals surface area contributed by atoms with Crippen molar-refractivity contribution in [3.8, 4) is 5.75 Å². The predicted octanol–water partition coefficient (Wildman–Crippen LogP) is 3.46. The lowest BCUT2D eigenvalue weighted by Gasteiger charge is -2.38. The zero-order chi connectivity index (χ0) is 20.5. The molecule has 4 rings (SSSR count). The summed E-state index contributed by atoms with van der Waals surface area (Å²) in [6.45, 7) is 2.96. The van der Waals surface area contributed by atoms with Crippen LogP contribution < -0.4 is 14.5 Å². The first-order valence-corrected chi connectivity index (χ1v) is 10.2. The van der Waals surface area contributed by atoms with Crippen LogP contribution in [0.25, 0.3) is 0 Å². The van der Waals surface area contributed by atoms with Gasteiger partial charge in [0.25, 0.3) is 5.91 Å². The summed E-state index contributed by atoms with van der Waals surface area (Å²) < 4.78 is 5.30. The van der Waals surface area contributed by atoms with Gasteiger partial charge in [0.05, 0.1) is 35.3 Å². The van der Waals surface area contributed by atoms with Crippen molar-refractivity contribution in [2.45, 2.75) is 12.5 Å². The first-order chi connectivity index (χ1) is 14.0. The Morgan fingerprint density at radius 2 is 1.69 bits per heavy atom. The molecule has 0 N–H and O–H groups in total. The molecule has 6 nitrogen and oxygen atoms in total. The van der Waals surface area contributed by atoms with E-state index in [1.807, 2.05) is 18.2 Å². The maximum Gasteiger partial charge on any atom is 0.251 e. The van der Waals surface area contributed by atoms with Crippen LogP contribution in [0.2, 0.25) is 10.0 Å². The largest absolute Gasteiger partial charge is 0.497 e. The minimum atomic E-state index is -0.440. The van der Waals surface area contributed by atoms with E-state index in [1.165, 1.54) is 4.90 Å². The Hall–Kier alpha value is -2.28. The van der Waals surface area contributed by atoms with E-state index in [0.717, 1.165) is 24.5 Å². The summed E-state index contributed by atoms with van der Waals surface area (Å²) in [6, 6.07) is 12.3. The molecule has 2 fully saturated rings. The number of ether oxygens (including phenoxy) is 1. The minimum absolute atomic E-state index is 0.179. The maximum atomic E-state index is 13.0. The highest BCUT2D eigenvalue weighted by molar-refractivity contribution is 6.42. The number of imide groups is 1. The third-order valence-electron chi connectivity index (χ3n) is 5.46. The molecule has 1 atom stereocenters. The van der Waals surface area contributed by atoms with Gasteiger partial charge in [0.15, 0.2) is 0 Å². The molecule has 0 aliphatic carbocycles. The number of piperazine rings is 1. The van der Waals surface area contributed by atoms with E-state index >= 15 is 0 Å². The third kappa shape index (κ3) is 3.92. The van der Waals surface area contributed by atoms with Gasteiger partial charge in [0.1, 0.15) is 5.75 Å². The molecule has 2 amide bonds. The molecule has 0 radical (unpaired) electrons. The summed E-state index contributed by atoms with van der Waals surface area (Å²) in [5, 5.41) is 0.708. The highest BCUT2D eigenvalue weighted by Gasteiger charge is 2.43. The van der Waals surface area contributed by atoms with Gasteiger partial charge in [-0.3, -0.25) is 14.5 Å². The Bertz CT molecular complexity index is 945. The maximum absolute atomic E-state index is 13.0. The lowest BCUT2D eigenvalue weighted by Crippen LogP contribution is -2.52. The summed E-state index contributed by atoms with van der Waals surface area (Å²) in [6.07, 6.45) is 0.179. The normalized spacial score (nSPS) is 20.4. The molecule has 2 aromatic carbocycles. The van der Waals surface area contributed by atoms with E-state index in [9.17, 15) is 9.59 Å². The molecule has 29 heavy (non-hydrogen) atoms. The fourth-order valence-electron chi connectivity index (χ4n) is 3.90. The number of halogens is 2. The van der Waals surface area contributed by atoms with Crippen LogP contribution in [-0.2, 0) is 9.59 Å². The van der Waals surface area contributed by atoms with Gasteiger partial charge in [-0.25, -0.2) is 4.90 Å². The predicted molar refractivity (Wildman–Crippen MR) is 114 cm³/mol. The third-order valence-corrected chi connectivity index (χ3v) is 6.20. The van der Waals surface area contributed by atoms with Crippen molar-refractivity contribution in [1.82, 2.24) is 4.90 Å². The highest BCUT2D eigenvalue weighted by atomic mass is 35.5. The second-order valence-corrected chi connectivity index (χ2v) is 7.92. The topological polar surface area (TPSA) is 53.1 Å². The zero-order valence-electron chi connectivity index (χ0n) is 16.0. The number of hydrogen-bond donors (Lipinski definition) is 0. The van der Waals surface area contributed by atoms with Crippen molar-refractivity contribution in [2.75, 3.05) is 43.1 Å². The summed E-state index contributed by atoms with van der Waals surface area (Å²) >= 11 is 12.0. The van der Waals surface area contributed by atoms with Gasteiger partial charge in [0, 0.05) is 37.9 Å². The van der Waals surface area contributed by atoms with Crippen LogP contribution >= 0.6 is 23.2 Å². The van der Waals surface area contributed by atoms with Gasteiger partial charge in [-0.1, -0.05) is 29.3 Å². The summed E-state index contributed by atoms with van der Waals surface area (Å²) in [5.74, 6) is 0.399. The Balaban J connectivity index is 1.44. The van der Waals surface area contributed by atoms with E-state index in [4.69, 9.17) is 27.9 Å². The molecule has 2 aliphatic rings. The standard InChI is InChI=1S/C21H21Cl2N3O3/c1-29-16-4-2-3-14(11-16)24-7-9-25(10-8-24)19-13-20(27)26(21(19)28)15-5-6-17(22)18(23)12-15/h2-6,11-12,19H,7-10,13H2,1H3/t19-/m1/s1. The molecule has 2 aromatic rings. The van der Waals surface area contributed by atoms with Gasteiger partial charge < -0.3 is 9.64 Å². The smallest absolute Gasteiger partial charge is 0.251 e. The van der Waals surface area contributed by atoms with E-state index in [2.05, 4.69) is 15.9 Å². The fraction of sp³-hybridized carbons (Fsp3) is 0.333. The Morgan fingerprint density at radius 1 is 0.931 bits per heavy atom. The van der Waals surface area contributed by atoms with Crippen molar-refractivity contribution in [1.29, 1.82) is 0 Å². The molecule has 0 spiro atoms. The summed E-state index contributed by atoms with van der Waals surface area (Å²) in [7, 11) is 1.65. The number of methoxy groups -OCH3 is 1. The van der Waals surface area contributed by atoms with Crippen molar-refractivity contribution < 1.29 is 14.3 Å². The molecule has 152 valence electrons. The number of hydrogen-bond acceptors (Lipinski definition) is 5. The molecule has 0 saturated carbocycles. The van der Waals surface area contributed by atoms with Gasteiger partial charge >= 0.3 is 0 Å². The molecule has 0 aromatic heterocycles. The number of amides is 2. The van der Waals surface area contributed by atoms with E-state index in [1.54, 1.807) is 25.3 Å². The van der Waals surface area contributed by atoms with Crippen molar-refractivity contribution in [2.24, 2.45) is 0 Å². The molecule has 2 aliphatic heterocycles. The quantitative estimate of drug-likeness (QED) is 0.691. The molecular weight excluding hydrogens is 413 g/mol. The lowest BCUT2D eigenvalue weighted by molar-refractivity contribution is -0.123. The Morgan fingerprint density at radius 3 is 2.38 bits per heavy atom. The Kier molecular flexibility index (Phi) is 5.67. The number of carbonyl (C=O) groups excluding carboxylic acids is 2. The SMILES string of the molecule is COc1cccc(N2CCN([C@@H]3CC(=O)N(c4ccc(Cl)c(Cl)c4)C3=O)CC2)c1. The van der Waals surface area contributed by atoms with E-state index < -0.39 is 6.04 Å². The lowest BCUT2D eigenvalue weighted by atomic mass is 10.1. The van der Waals surface area contributed by atoms with Crippen LogP contribution in [0.4, 0.5) is 11.4 Å². The summed E-state index contributed by atoms with van der Waals surface area (Å²) in [4.78, 5) is 31.1. The molecule has 2 saturated heterocycles. The average molecular weight is 434 g/mol. The van der Waals surface area contributed by atoms with E-state index in [-0.39, 0.29) is 18.2 Å². The number of benzene rings is 2. The van der Waals surface area contributed by atoms with Crippen LogP contribution in [-0.4, -0.2) is 56.0 Å². The van der Waals surface area contributed by atoms with Crippen LogP contribution in [0, 0.1) is 0 Å².